The maximum Gasteiger partial charge on any atom is 0.440 e. The van der Waals surface area contributed by atoms with Crippen molar-refractivity contribution in [3.8, 4) is 0 Å². The lowest BCUT2D eigenvalue weighted by Crippen LogP contribution is -2.30. The number of imide groups is 1. The molecule has 1 N–H and O–H groups in total. The lowest BCUT2D eigenvalue weighted by molar-refractivity contribution is 0.0922. The average Bonchev–Trinajstić information content (AvgIpc) is 3.21. The Balaban J connectivity index is 1.86. The summed E-state index contributed by atoms with van der Waals surface area (Å²) in [7, 11) is 0. The molecule has 0 spiro atoms. The summed E-state index contributed by atoms with van der Waals surface area (Å²) in [5.41, 5.74) is 0.908. The van der Waals surface area contributed by atoms with Gasteiger partial charge in [0.25, 0.3) is 5.91 Å². The maximum absolute atomic E-state index is 12.7. The van der Waals surface area contributed by atoms with Gasteiger partial charge in [0, 0.05) is 11.5 Å². The Morgan fingerprint density at radius 2 is 1.95 bits per heavy atom. The molecule has 1 aromatic carbocycles. The van der Waals surface area contributed by atoms with Crippen LogP contribution in [0.3, 0.4) is 0 Å². The van der Waals surface area contributed by atoms with Crippen LogP contribution in [0.15, 0.2) is 29.4 Å². The van der Waals surface area contributed by atoms with Crippen LogP contribution in [0.25, 0.3) is 0 Å². The summed E-state index contributed by atoms with van der Waals surface area (Å²) in [5.74, 6) is -0.728. The van der Waals surface area contributed by atoms with E-state index in [9.17, 15) is 14.0 Å². The highest BCUT2D eigenvalue weighted by Crippen LogP contribution is 2.30. The highest BCUT2D eigenvalue weighted by Gasteiger charge is 2.25. The fourth-order valence-electron chi connectivity index (χ4n) is 1.48. The molecule has 1 aliphatic rings. The maximum atomic E-state index is 12.7. The molecule has 2 amide bonds. The fraction of sp³-hybridized carbons (Fsp3) is 0.308. The molecule has 1 saturated carbocycles. The van der Waals surface area contributed by atoms with E-state index in [1.165, 1.54) is 12.1 Å². The molecular formula is C13H13FN2O3. The number of rotatable bonds is 3. The number of nitrogens with zero attached hydrogens (tertiary/aromatic N) is 1. The third kappa shape index (κ3) is 3.87. The molecule has 0 saturated heterocycles. The lowest BCUT2D eigenvalue weighted by atomic mass is 10.2. The summed E-state index contributed by atoms with van der Waals surface area (Å²) in [6.45, 7) is 1.77. The van der Waals surface area contributed by atoms with Crippen LogP contribution in [-0.4, -0.2) is 17.7 Å². The van der Waals surface area contributed by atoms with Crippen molar-refractivity contribution < 1.29 is 18.8 Å². The molecule has 1 aromatic rings. The zero-order chi connectivity index (χ0) is 13.8. The van der Waals surface area contributed by atoms with Crippen LogP contribution in [0.5, 0.6) is 0 Å². The SMILES string of the molecule is C/C(=N\OC(=O)NC(=O)c1ccc(F)cc1)C1CC1. The summed E-state index contributed by atoms with van der Waals surface area (Å²) in [4.78, 5) is 27.4. The molecule has 0 atom stereocenters. The predicted molar refractivity (Wildman–Crippen MR) is 66.2 cm³/mol. The molecule has 1 fully saturated rings. The Labute approximate surface area is 109 Å². The van der Waals surface area contributed by atoms with Gasteiger partial charge in [-0.15, -0.1) is 0 Å². The van der Waals surface area contributed by atoms with E-state index in [1.807, 2.05) is 5.32 Å². The van der Waals surface area contributed by atoms with Gasteiger partial charge in [-0.3, -0.25) is 14.9 Å². The van der Waals surface area contributed by atoms with E-state index in [0.29, 0.717) is 5.92 Å². The lowest BCUT2D eigenvalue weighted by Gasteiger charge is -2.02. The van der Waals surface area contributed by atoms with Gasteiger partial charge in [-0.25, -0.2) is 9.18 Å². The summed E-state index contributed by atoms with van der Waals surface area (Å²) in [6.07, 6.45) is 1.15. The molecule has 0 bridgehead atoms. The van der Waals surface area contributed by atoms with Gasteiger partial charge in [-0.2, -0.15) is 0 Å². The van der Waals surface area contributed by atoms with Gasteiger partial charge in [-0.1, -0.05) is 5.16 Å². The van der Waals surface area contributed by atoms with Crippen LogP contribution >= 0.6 is 0 Å². The molecule has 1 aliphatic carbocycles. The number of nitrogens with one attached hydrogen (secondary N) is 1. The minimum atomic E-state index is -0.950. The first-order valence-electron chi connectivity index (χ1n) is 5.88. The first kappa shape index (κ1) is 13.2. The van der Waals surface area contributed by atoms with Crippen LogP contribution in [0.2, 0.25) is 0 Å². The Bertz CT molecular complexity index is 521. The van der Waals surface area contributed by atoms with Crippen molar-refractivity contribution in [3.63, 3.8) is 0 Å². The van der Waals surface area contributed by atoms with Crippen molar-refractivity contribution in [2.45, 2.75) is 19.8 Å². The first-order valence-corrected chi connectivity index (χ1v) is 5.88. The number of carbonyl (C=O) groups excluding carboxylic acids is 2. The van der Waals surface area contributed by atoms with Gasteiger partial charge in [0.1, 0.15) is 5.82 Å². The molecule has 0 unspecified atom stereocenters. The third-order valence-electron chi connectivity index (χ3n) is 2.76. The summed E-state index contributed by atoms with van der Waals surface area (Å²) < 4.78 is 12.7. The quantitative estimate of drug-likeness (QED) is 0.518. The van der Waals surface area contributed by atoms with Crippen LogP contribution in [0.1, 0.15) is 30.1 Å². The highest BCUT2D eigenvalue weighted by atomic mass is 19.1. The van der Waals surface area contributed by atoms with Crippen LogP contribution in [-0.2, 0) is 4.84 Å². The van der Waals surface area contributed by atoms with Crippen LogP contribution in [0.4, 0.5) is 9.18 Å². The molecule has 0 radical (unpaired) electrons. The summed E-state index contributed by atoms with van der Waals surface area (Å²) >= 11 is 0. The van der Waals surface area contributed by atoms with Crippen molar-refractivity contribution in [1.82, 2.24) is 5.32 Å². The topological polar surface area (TPSA) is 67.8 Å². The minimum absolute atomic E-state index is 0.168. The number of halogens is 1. The highest BCUT2D eigenvalue weighted by molar-refractivity contribution is 6.02. The first-order chi connectivity index (χ1) is 9.06. The van der Waals surface area contributed by atoms with E-state index in [0.717, 1.165) is 30.7 Å². The fourth-order valence-corrected chi connectivity index (χ4v) is 1.48. The molecule has 0 aromatic heterocycles. The number of oxime groups is 1. The molecule has 100 valence electrons. The number of carbonyl (C=O) groups is 2. The van der Waals surface area contributed by atoms with Gasteiger partial charge < -0.3 is 0 Å². The van der Waals surface area contributed by atoms with Crippen molar-refractivity contribution in [2.24, 2.45) is 11.1 Å². The zero-order valence-electron chi connectivity index (χ0n) is 10.4. The van der Waals surface area contributed by atoms with E-state index in [1.54, 1.807) is 6.92 Å². The molecule has 5 nitrogen and oxygen atoms in total. The van der Waals surface area contributed by atoms with Crippen molar-refractivity contribution in [3.05, 3.63) is 35.6 Å². The largest absolute Gasteiger partial charge is 0.440 e. The molecule has 6 heteroatoms. The Morgan fingerprint density at radius 3 is 2.53 bits per heavy atom. The van der Waals surface area contributed by atoms with Gasteiger partial charge in [0.05, 0.1) is 5.71 Å². The Kier molecular flexibility index (Phi) is 3.89. The minimum Gasteiger partial charge on any atom is -0.298 e. The van der Waals surface area contributed by atoms with E-state index in [-0.39, 0.29) is 5.56 Å². The van der Waals surface area contributed by atoms with E-state index < -0.39 is 17.8 Å². The average molecular weight is 264 g/mol. The van der Waals surface area contributed by atoms with Gasteiger partial charge in [0.2, 0.25) is 0 Å². The Morgan fingerprint density at radius 1 is 1.32 bits per heavy atom. The van der Waals surface area contributed by atoms with Crippen molar-refractivity contribution >= 4 is 17.7 Å². The number of hydrogen-bond acceptors (Lipinski definition) is 4. The molecule has 0 heterocycles. The number of benzene rings is 1. The van der Waals surface area contributed by atoms with Gasteiger partial charge in [-0.05, 0) is 44.0 Å². The number of hydrogen-bond donors (Lipinski definition) is 1. The molecular weight excluding hydrogens is 251 g/mol. The van der Waals surface area contributed by atoms with E-state index >= 15 is 0 Å². The molecule has 0 aliphatic heterocycles. The van der Waals surface area contributed by atoms with E-state index in [4.69, 9.17) is 0 Å². The molecule has 19 heavy (non-hydrogen) atoms. The van der Waals surface area contributed by atoms with Gasteiger partial charge in [0.15, 0.2) is 0 Å². The van der Waals surface area contributed by atoms with Crippen molar-refractivity contribution in [1.29, 1.82) is 0 Å². The number of amides is 2. The van der Waals surface area contributed by atoms with Crippen molar-refractivity contribution in [2.75, 3.05) is 0 Å². The molecule has 2 rings (SSSR count). The standard InChI is InChI=1S/C13H13FN2O3/c1-8(9-2-3-9)16-19-13(18)15-12(17)10-4-6-11(14)7-5-10/h4-7,9H,2-3H2,1H3,(H,15,17,18)/b16-8+. The normalized spacial score (nSPS) is 14.9. The summed E-state index contributed by atoms with van der Waals surface area (Å²) in [6, 6.07) is 4.82. The smallest absolute Gasteiger partial charge is 0.298 e. The predicted octanol–water partition coefficient (Wildman–Crippen LogP) is 2.48. The second kappa shape index (κ2) is 5.60. The van der Waals surface area contributed by atoms with Gasteiger partial charge >= 0.3 is 6.09 Å². The second-order valence-electron chi connectivity index (χ2n) is 4.35. The van der Waals surface area contributed by atoms with E-state index in [2.05, 4.69) is 9.99 Å². The summed E-state index contributed by atoms with van der Waals surface area (Å²) in [5, 5.41) is 5.64. The monoisotopic (exact) mass is 264 g/mol. The van der Waals surface area contributed by atoms with Crippen LogP contribution in [0, 0.1) is 11.7 Å². The Hall–Kier alpha value is -2.24. The zero-order valence-corrected chi connectivity index (χ0v) is 10.4. The second-order valence-corrected chi connectivity index (χ2v) is 4.35. The third-order valence-corrected chi connectivity index (χ3v) is 2.76. The van der Waals surface area contributed by atoms with Crippen LogP contribution < -0.4 is 5.32 Å².